The first-order valence-electron chi connectivity index (χ1n) is 14.5. The van der Waals surface area contributed by atoms with E-state index in [1.807, 2.05) is 13.8 Å². The third kappa shape index (κ3) is 8.37. The number of amides is 5. The molecule has 0 radical (unpaired) electrons. The predicted molar refractivity (Wildman–Crippen MR) is 151 cm³/mol. The molecule has 1 saturated heterocycles. The van der Waals surface area contributed by atoms with Crippen LogP contribution in [0.2, 0.25) is 0 Å². The number of carbonyl (C=O) groups is 6. The van der Waals surface area contributed by atoms with Crippen molar-refractivity contribution in [3.63, 3.8) is 0 Å². The second kappa shape index (κ2) is 14.7. The highest BCUT2D eigenvalue weighted by molar-refractivity contribution is 6.07. The van der Waals surface area contributed by atoms with Gasteiger partial charge in [0.2, 0.25) is 29.5 Å². The Morgan fingerprint density at radius 3 is 2.27 bits per heavy atom. The maximum absolute atomic E-state index is 12.9. The number of likely N-dealkylation sites (tertiary alicyclic amines) is 1. The van der Waals surface area contributed by atoms with Gasteiger partial charge >= 0.3 is 5.97 Å². The number of rotatable bonds is 15. The maximum atomic E-state index is 12.9. The third-order valence-electron chi connectivity index (χ3n) is 7.84. The average Bonchev–Trinajstić information content (AvgIpc) is 3.21. The van der Waals surface area contributed by atoms with E-state index in [1.54, 1.807) is 31.2 Å². The molecule has 1 atom stereocenters. The molecular formula is C30H42N4O7. The summed E-state index contributed by atoms with van der Waals surface area (Å²) in [5.41, 5.74) is 0.148. The lowest BCUT2D eigenvalue weighted by Crippen LogP contribution is -2.56. The molecule has 3 rings (SSSR count). The van der Waals surface area contributed by atoms with Crippen molar-refractivity contribution in [2.45, 2.75) is 78.7 Å². The molecule has 224 valence electrons. The second-order valence-corrected chi connectivity index (χ2v) is 11.1. The van der Waals surface area contributed by atoms with Crippen LogP contribution in [-0.4, -0.2) is 60.0 Å². The minimum absolute atomic E-state index is 0.0884. The van der Waals surface area contributed by atoms with Gasteiger partial charge in [0.1, 0.15) is 12.0 Å². The number of esters is 1. The minimum atomic E-state index is -1.17. The van der Waals surface area contributed by atoms with Gasteiger partial charge in [-0.3, -0.25) is 33.7 Å². The van der Waals surface area contributed by atoms with Crippen LogP contribution in [-0.2, 0) is 40.1 Å². The Balaban J connectivity index is 1.35. The van der Waals surface area contributed by atoms with Crippen molar-refractivity contribution in [1.82, 2.24) is 15.5 Å². The van der Waals surface area contributed by atoms with Gasteiger partial charge in [0.05, 0.1) is 6.54 Å². The van der Waals surface area contributed by atoms with Crippen molar-refractivity contribution in [2.75, 3.05) is 25.0 Å². The highest BCUT2D eigenvalue weighted by Gasteiger charge is 2.50. The number of ether oxygens (including phenoxy) is 1. The smallest absolute Gasteiger partial charge is 0.305 e. The van der Waals surface area contributed by atoms with E-state index in [-0.39, 0.29) is 55.1 Å². The summed E-state index contributed by atoms with van der Waals surface area (Å²) in [6, 6.07) is 6.83. The zero-order valence-corrected chi connectivity index (χ0v) is 24.3. The van der Waals surface area contributed by atoms with Crippen molar-refractivity contribution in [2.24, 2.45) is 17.3 Å². The van der Waals surface area contributed by atoms with E-state index in [4.69, 9.17) is 4.74 Å². The first-order valence-corrected chi connectivity index (χ1v) is 14.5. The van der Waals surface area contributed by atoms with Crippen LogP contribution in [0.5, 0.6) is 0 Å². The molecule has 0 aromatic heterocycles. The number of unbranched alkanes of at least 4 members (excludes halogenated alkanes) is 2. The van der Waals surface area contributed by atoms with Crippen LogP contribution in [0.15, 0.2) is 24.3 Å². The van der Waals surface area contributed by atoms with Crippen molar-refractivity contribution in [1.29, 1.82) is 0 Å². The summed E-state index contributed by atoms with van der Waals surface area (Å²) in [5.74, 6) is -1.81. The van der Waals surface area contributed by atoms with Gasteiger partial charge in [-0.25, -0.2) is 0 Å². The maximum Gasteiger partial charge on any atom is 0.305 e. The lowest BCUT2D eigenvalue weighted by molar-refractivity contribution is -0.150. The molecule has 1 aromatic carbocycles. The summed E-state index contributed by atoms with van der Waals surface area (Å²) in [7, 11) is 0. The Labute approximate surface area is 241 Å². The first kappa shape index (κ1) is 31.8. The molecule has 2 fully saturated rings. The lowest BCUT2D eigenvalue weighted by atomic mass is 9.67. The minimum Gasteiger partial charge on any atom is -0.461 e. The van der Waals surface area contributed by atoms with Crippen LogP contribution in [0.1, 0.15) is 77.7 Å². The van der Waals surface area contributed by atoms with E-state index in [1.165, 1.54) is 4.90 Å². The molecule has 1 saturated carbocycles. The Morgan fingerprint density at radius 1 is 1.00 bits per heavy atom. The molecule has 1 heterocycles. The van der Waals surface area contributed by atoms with Gasteiger partial charge in [0.15, 0.2) is 0 Å². The fraction of sp³-hybridized carbons (Fsp3) is 0.600. The molecule has 11 heteroatoms. The average molecular weight is 571 g/mol. The first-order chi connectivity index (χ1) is 19.6. The fourth-order valence-electron chi connectivity index (χ4n) is 4.98. The van der Waals surface area contributed by atoms with Crippen LogP contribution in [0.25, 0.3) is 0 Å². The van der Waals surface area contributed by atoms with E-state index in [9.17, 15) is 28.8 Å². The Bertz CT molecular complexity index is 1130. The molecule has 11 nitrogen and oxygen atoms in total. The van der Waals surface area contributed by atoms with Crippen LogP contribution in [0, 0.1) is 17.3 Å². The molecule has 1 aliphatic heterocycles. The molecule has 1 aliphatic carbocycles. The number of imide groups is 1. The van der Waals surface area contributed by atoms with E-state index >= 15 is 0 Å². The Hall–Kier alpha value is -3.76. The van der Waals surface area contributed by atoms with Gasteiger partial charge in [-0.05, 0) is 55.7 Å². The monoisotopic (exact) mass is 570 g/mol. The SMILES string of the molecule is CCC(=O)OCc1ccc(NC(=O)CNC(=O)C2(C(=O)NCCCCCN3C(=O)CC(C(C)C)C3=O)CCC2)cc1. The lowest BCUT2D eigenvalue weighted by Gasteiger charge is -2.38. The molecule has 2 aliphatic rings. The van der Waals surface area contributed by atoms with E-state index in [0.29, 0.717) is 50.9 Å². The van der Waals surface area contributed by atoms with Crippen LogP contribution < -0.4 is 16.0 Å². The summed E-state index contributed by atoms with van der Waals surface area (Å²) >= 11 is 0. The molecule has 0 spiro atoms. The predicted octanol–water partition coefficient (Wildman–Crippen LogP) is 2.68. The van der Waals surface area contributed by atoms with Gasteiger partial charge in [-0.15, -0.1) is 0 Å². The van der Waals surface area contributed by atoms with Crippen LogP contribution in [0.3, 0.4) is 0 Å². The van der Waals surface area contributed by atoms with Crippen molar-refractivity contribution in [3.05, 3.63) is 29.8 Å². The van der Waals surface area contributed by atoms with Crippen LogP contribution in [0.4, 0.5) is 5.69 Å². The number of nitrogens with zero attached hydrogens (tertiary/aromatic N) is 1. The summed E-state index contributed by atoms with van der Waals surface area (Å²) in [6.45, 7) is 6.28. The van der Waals surface area contributed by atoms with Gasteiger partial charge in [0.25, 0.3) is 0 Å². The summed E-state index contributed by atoms with van der Waals surface area (Å²) < 4.78 is 5.08. The molecule has 1 unspecified atom stereocenters. The quantitative estimate of drug-likeness (QED) is 0.127. The molecule has 0 bridgehead atoms. The van der Waals surface area contributed by atoms with Crippen LogP contribution >= 0.6 is 0 Å². The van der Waals surface area contributed by atoms with E-state index in [2.05, 4.69) is 16.0 Å². The number of hydrogen-bond donors (Lipinski definition) is 3. The summed E-state index contributed by atoms with van der Waals surface area (Å²) in [4.78, 5) is 75.3. The molecule has 3 N–H and O–H groups in total. The summed E-state index contributed by atoms with van der Waals surface area (Å²) in [6.07, 6.45) is 4.23. The van der Waals surface area contributed by atoms with Crippen molar-refractivity contribution in [3.8, 4) is 0 Å². The van der Waals surface area contributed by atoms with Gasteiger partial charge in [-0.1, -0.05) is 39.3 Å². The molecule has 5 amide bonds. The highest BCUT2D eigenvalue weighted by atomic mass is 16.5. The second-order valence-electron chi connectivity index (χ2n) is 11.1. The number of hydrogen-bond acceptors (Lipinski definition) is 7. The zero-order valence-electron chi connectivity index (χ0n) is 24.3. The Morgan fingerprint density at radius 2 is 1.68 bits per heavy atom. The number of nitrogens with one attached hydrogen (secondary N) is 3. The third-order valence-corrected chi connectivity index (χ3v) is 7.84. The normalized spacial score (nSPS) is 17.7. The number of benzene rings is 1. The van der Waals surface area contributed by atoms with Gasteiger partial charge in [0, 0.05) is 37.5 Å². The fourth-order valence-corrected chi connectivity index (χ4v) is 4.98. The van der Waals surface area contributed by atoms with Gasteiger partial charge < -0.3 is 20.7 Å². The largest absolute Gasteiger partial charge is 0.461 e. The molecule has 41 heavy (non-hydrogen) atoms. The number of anilines is 1. The topological polar surface area (TPSA) is 151 Å². The Kier molecular flexibility index (Phi) is 11.4. The standard InChI is InChI=1S/C30H42N4O7/c1-4-26(37)41-19-21-9-11-22(12-10-21)33-24(35)18-32-29(40)30(13-8-14-30)28(39)31-15-6-5-7-16-34-25(36)17-23(20(2)3)27(34)38/h9-12,20,23H,4-8,13-19H2,1-3H3,(H,31,39)(H,32,40)(H,33,35). The van der Waals surface area contributed by atoms with Crippen molar-refractivity contribution < 1.29 is 33.5 Å². The molecule has 1 aromatic rings. The highest BCUT2D eigenvalue weighted by Crippen LogP contribution is 2.41. The number of carbonyl (C=O) groups excluding carboxylic acids is 6. The van der Waals surface area contributed by atoms with Gasteiger partial charge in [-0.2, -0.15) is 0 Å². The zero-order chi connectivity index (χ0) is 30.0. The van der Waals surface area contributed by atoms with E-state index in [0.717, 1.165) is 18.4 Å². The van der Waals surface area contributed by atoms with Crippen molar-refractivity contribution >= 4 is 41.2 Å². The summed E-state index contributed by atoms with van der Waals surface area (Å²) in [5, 5.41) is 8.15. The van der Waals surface area contributed by atoms with E-state index < -0.39 is 17.2 Å². The molecular weight excluding hydrogens is 528 g/mol.